The van der Waals surface area contributed by atoms with Gasteiger partial charge in [0, 0.05) is 19.0 Å². The third kappa shape index (κ3) is 5.59. The summed E-state index contributed by atoms with van der Waals surface area (Å²) in [6, 6.07) is 10.7. The van der Waals surface area contributed by atoms with Crippen molar-refractivity contribution in [3.05, 3.63) is 53.8 Å². The second kappa shape index (κ2) is 10.2. The fraction of sp³-hybridized carbons (Fsp3) is 0.318. The van der Waals surface area contributed by atoms with Crippen LogP contribution in [0.15, 0.2) is 42.5 Å². The Balaban J connectivity index is 1.67. The summed E-state index contributed by atoms with van der Waals surface area (Å²) in [7, 11) is 0. The number of ether oxygens (including phenoxy) is 1. The van der Waals surface area contributed by atoms with Crippen LogP contribution in [0.4, 0.5) is 14.9 Å². The van der Waals surface area contributed by atoms with Gasteiger partial charge in [-0.05, 0) is 29.3 Å². The average molecular weight is 444 g/mol. The zero-order chi connectivity index (χ0) is 23.3. The van der Waals surface area contributed by atoms with E-state index in [0.29, 0.717) is 23.4 Å². The van der Waals surface area contributed by atoms with Crippen molar-refractivity contribution in [1.82, 2.24) is 10.6 Å². The van der Waals surface area contributed by atoms with Gasteiger partial charge in [-0.15, -0.1) is 0 Å². The standard InChI is InChI=1S/C22H25FN4O5/c1-13(29)25-10-17-11-27(22(31)32-17)16-6-7-18(19(23)8-16)15-4-2-14(3-5-15)9-26-20(12-28)21(24)30/h2-8,17,20,26,28H,9-12H2,1H3,(H2,24,30)(H,25,29)/t17-,20?/m0/s1. The summed E-state index contributed by atoms with van der Waals surface area (Å²) in [6.45, 7) is 1.69. The van der Waals surface area contributed by atoms with Gasteiger partial charge in [-0.25, -0.2) is 9.18 Å². The lowest BCUT2D eigenvalue weighted by atomic mass is 10.0. The number of hydrogen-bond donors (Lipinski definition) is 4. The van der Waals surface area contributed by atoms with E-state index >= 15 is 0 Å². The number of halogens is 1. The van der Waals surface area contributed by atoms with Crippen molar-refractivity contribution >= 4 is 23.6 Å². The van der Waals surface area contributed by atoms with Crippen molar-refractivity contribution in [3.8, 4) is 11.1 Å². The first-order valence-electron chi connectivity index (χ1n) is 10.0. The molecule has 0 aromatic heterocycles. The number of nitrogens with one attached hydrogen (secondary N) is 2. The van der Waals surface area contributed by atoms with E-state index in [2.05, 4.69) is 10.6 Å². The second-order valence-corrected chi connectivity index (χ2v) is 7.43. The summed E-state index contributed by atoms with van der Waals surface area (Å²) in [6.07, 6.45) is -1.10. The van der Waals surface area contributed by atoms with Gasteiger partial charge >= 0.3 is 6.09 Å². The molecular formula is C22H25FN4O5. The second-order valence-electron chi connectivity index (χ2n) is 7.43. The summed E-state index contributed by atoms with van der Waals surface area (Å²) >= 11 is 0. The molecule has 0 aliphatic carbocycles. The van der Waals surface area contributed by atoms with E-state index in [1.54, 1.807) is 36.4 Å². The number of anilines is 1. The summed E-state index contributed by atoms with van der Waals surface area (Å²) in [4.78, 5) is 35.6. The molecule has 3 rings (SSSR count). The molecule has 0 spiro atoms. The van der Waals surface area contributed by atoms with Crippen molar-refractivity contribution in [2.24, 2.45) is 5.73 Å². The van der Waals surface area contributed by atoms with E-state index in [0.717, 1.165) is 5.56 Å². The summed E-state index contributed by atoms with van der Waals surface area (Å²) in [5.74, 6) is -1.37. The Labute approximate surface area is 184 Å². The molecule has 5 N–H and O–H groups in total. The summed E-state index contributed by atoms with van der Waals surface area (Å²) in [5, 5.41) is 14.6. The number of carbonyl (C=O) groups is 3. The molecule has 0 radical (unpaired) electrons. The minimum absolute atomic E-state index is 0.192. The molecule has 2 atom stereocenters. The molecule has 32 heavy (non-hydrogen) atoms. The average Bonchev–Trinajstić information content (AvgIpc) is 3.13. The van der Waals surface area contributed by atoms with Crippen LogP contribution in [0.1, 0.15) is 12.5 Å². The number of carbonyl (C=O) groups excluding carboxylic acids is 3. The molecule has 1 unspecified atom stereocenters. The SMILES string of the molecule is CC(=O)NC[C@H]1CN(c2ccc(-c3ccc(CNC(CO)C(N)=O)cc3)c(F)c2)C(=O)O1. The molecule has 1 saturated heterocycles. The zero-order valence-corrected chi connectivity index (χ0v) is 17.5. The van der Waals surface area contributed by atoms with Gasteiger partial charge in [0.1, 0.15) is 18.0 Å². The number of nitrogens with two attached hydrogens (primary N) is 1. The highest BCUT2D eigenvalue weighted by Crippen LogP contribution is 2.29. The quantitative estimate of drug-likeness (QED) is 0.454. The highest BCUT2D eigenvalue weighted by Gasteiger charge is 2.32. The highest BCUT2D eigenvalue weighted by atomic mass is 19.1. The zero-order valence-electron chi connectivity index (χ0n) is 17.5. The maximum Gasteiger partial charge on any atom is 0.414 e. The van der Waals surface area contributed by atoms with E-state index in [1.165, 1.54) is 17.9 Å². The molecule has 1 aliphatic rings. The van der Waals surface area contributed by atoms with Gasteiger partial charge in [0.05, 0.1) is 25.4 Å². The van der Waals surface area contributed by atoms with Gasteiger partial charge < -0.3 is 20.9 Å². The highest BCUT2D eigenvalue weighted by molar-refractivity contribution is 5.90. The van der Waals surface area contributed by atoms with E-state index in [4.69, 9.17) is 15.6 Å². The molecule has 2 aromatic carbocycles. The molecule has 1 aliphatic heterocycles. The normalized spacial score (nSPS) is 16.5. The van der Waals surface area contributed by atoms with Crippen LogP contribution in [0.5, 0.6) is 0 Å². The molecule has 0 bridgehead atoms. The first-order chi connectivity index (χ1) is 15.3. The van der Waals surface area contributed by atoms with Crippen LogP contribution in [0, 0.1) is 5.82 Å². The molecule has 10 heteroatoms. The smallest absolute Gasteiger partial charge is 0.414 e. The number of primary amides is 1. The van der Waals surface area contributed by atoms with Gasteiger partial charge in [0.25, 0.3) is 0 Å². The number of aliphatic hydroxyl groups excluding tert-OH is 1. The fourth-order valence-corrected chi connectivity index (χ4v) is 3.30. The Morgan fingerprint density at radius 3 is 2.59 bits per heavy atom. The fourth-order valence-electron chi connectivity index (χ4n) is 3.30. The number of cyclic esters (lactones) is 1. The van der Waals surface area contributed by atoms with E-state index in [1.807, 2.05) is 0 Å². The molecule has 0 saturated carbocycles. The summed E-state index contributed by atoms with van der Waals surface area (Å²) < 4.78 is 20.0. The van der Waals surface area contributed by atoms with Crippen LogP contribution in [0.3, 0.4) is 0 Å². The Kier molecular flexibility index (Phi) is 7.39. The van der Waals surface area contributed by atoms with E-state index in [9.17, 15) is 18.8 Å². The van der Waals surface area contributed by atoms with Crippen molar-refractivity contribution < 1.29 is 28.6 Å². The van der Waals surface area contributed by atoms with Gasteiger partial charge in [-0.1, -0.05) is 24.3 Å². The lowest BCUT2D eigenvalue weighted by Gasteiger charge is -2.15. The third-order valence-corrected chi connectivity index (χ3v) is 5.06. The van der Waals surface area contributed by atoms with Crippen LogP contribution in [0.25, 0.3) is 11.1 Å². The van der Waals surface area contributed by atoms with E-state index < -0.39 is 36.6 Å². The minimum Gasteiger partial charge on any atom is -0.442 e. The van der Waals surface area contributed by atoms with Crippen molar-refractivity contribution in [3.63, 3.8) is 0 Å². The van der Waals surface area contributed by atoms with Crippen LogP contribution >= 0.6 is 0 Å². The Morgan fingerprint density at radius 1 is 1.28 bits per heavy atom. The lowest BCUT2D eigenvalue weighted by molar-refractivity contribution is -0.121. The number of hydrogen-bond acceptors (Lipinski definition) is 6. The van der Waals surface area contributed by atoms with Crippen molar-refractivity contribution in [2.75, 3.05) is 24.6 Å². The van der Waals surface area contributed by atoms with E-state index in [-0.39, 0.29) is 19.0 Å². The summed E-state index contributed by atoms with van der Waals surface area (Å²) in [5.41, 5.74) is 7.37. The lowest BCUT2D eigenvalue weighted by Crippen LogP contribution is -2.43. The molecular weight excluding hydrogens is 419 g/mol. The Bertz CT molecular complexity index is 998. The van der Waals surface area contributed by atoms with Gasteiger partial charge in [-0.2, -0.15) is 0 Å². The Hall–Kier alpha value is -3.50. The number of amides is 3. The molecule has 1 fully saturated rings. The molecule has 170 valence electrons. The predicted octanol–water partition coefficient (Wildman–Crippen LogP) is 0.890. The maximum absolute atomic E-state index is 14.8. The number of nitrogens with zero attached hydrogens (tertiary/aromatic N) is 1. The third-order valence-electron chi connectivity index (χ3n) is 5.06. The molecule has 1 heterocycles. The van der Waals surface area contributed by atoms with Gasteiger partial charge in [-0.3, -0.25) is 19.8 Å². The first-order valence-corrected chi connectivity index (χ1v) is 10.0. The maximum atomic E-state index is 14.8. The van der Waals surface area contributed by atoms with Crippen molar-refractivity contribution in [1.29, 1.82) is 0 Å². The van der Waals surface area contributed by atoms with Crippen LogP contribution in [-0.4, -0.2) is 54.9 Å². The van der Waals surface area contributed by atoms with Gasteiger partial charge in [0.15, 0.2) is 0 Å². The predicted molar refractivity (Wildman–Crippen MR) is 115 cm³/mol. The molecule has 3 amide bonds. The Morgan fingerprint density at radius 2 is 2.00 bits per heavy atom. The van der Waals surface area contributed by atoms with Crippen molar-refractivity contribution in [2.45, 2.75) is 25.6 Å². The monoisotopic (exact) mass is 444 g/mol. The van der Waals surface area contributed by atoms with Gasteiger partial charge in [0.2, 0.25) is 11.8 Å². The number of rotatable bonds is 9. The molecule has 9 nitrogen and oxygen atoms in total. The van der Waals surface area contributed by atoms with Crippen LogP contribution < -0.4 is 21.3 Å². The topological polar surface area (TPSA) is 134 Å². The largest absolute Gasteiger partial charge is 0.442 e. The number of aliphatic hydroxyl groups is 1. The van der Waals surface area contributed by atoms with Crippen LogP contribution in [-0.2, 0) is 20.9 Å². The van der Waals surface area contributed by atoms with Crippen LogP contribution in [0.2, 0.25) is 0 Å². The minimum atomic E-state index is -0.838. The molecule has 2 aromatic rings. The number of benzene rings is 2. The first kappa shape index (κ1) is 23.2.